The lowest BCUT2D eigenvalue weighted by Crippen LogP contribution is -2.19. The molecular formula is C13H18ClNO2. The third-order valence-electron chi connectivity index (χ3n) is 3.25. The first-order valence-corrected chi connectivity index (χ1v) is 5.57. The quantitative estimate of drug-likeness (QED) is 0.820. The molecule has 2 rings (SSSR count). The predicted octanol–water partition coefficient (Wildman–Crippen LogP) is 1.81. The summed E-state index contributed by atoms with van der Waals surface area (Å²) in [6, 6.07) is 6.40. The number of hydrogen-bond donors (Lipinski definition) is 1. The number of carbonyl (C=O) groups excluding carboxylic acids is 1. The van der Waals surface area contributed by atoms with Gasteiger partial charge >= 0.3 is 5.97 Å². The van der Waals surface area contributed by atoms with Crippen LogP contribution in [0.15, 0.2) is 18.2 Å². The first-order chi connectivity index (χ1) is 7.61. The number of rotatable bonds is 2. The lowest BCUT2D eigenvalue weighted by Gasteiger charge is -2.10. The second-order valence-corrected chi connectivity index (χ2v) is 4.44. The molecule has 17 heavy (non-hydrogen) atoms. The van der Waals surface area contributed by atoms with Crippen molar-refractivity contribution in [3.05, 3.63) is 34.9 Å². The van der Waals surface area contributed by atoms with E-state index in [2.05, 4.69) is 12.1 Å². The summed E-state index contributed by atoms with van der Waals surface area (Å²) in [6.45, 7) is 1.86. The molecule has 94 valence electrons. The van der Waals surface area contributed by atoms with E-state index in [4.69, 9.17) is 10.5 Å². The van der Waals surface area contributed by atoms with E-state index in [9.17, 15) is 4.79 Å². The maximum atomic E-state index is 11.4. The molecule has 0 aromatic heterocycles. The van der Waals surface area contributed by atoms with Crippen molar-refractivity contribution < 1.29 is 9.53 Å². The van der Waals surface area contributed by atoms with Gasteiger partial charge in [0, 0.05) is 6.04 Å². The molecule has 0 saturated carbocycles. The number of fused-ring (bicyclic) bond motifs is 1. The van der Waals surface area contributed by atoms with Gasteiger partial charge in [-0.2, -0.15) is 0 Å². The molecule has 2 unspecified atom stereocenters. The van der Waals surface area contributed by atoms with E-state index in [0.717, 1.165) is 18.4 Å². The number of ether oxygens (including phenoxy) is 1. The largest absolute Gasteiger partial charge is 0.469 e. The summed E-state index contributed by atoms with van der Waals surface area (Å²) in [4.78, 5) is 11.4. The second-order valence-electron chi connectivity index (χ2n) is 4.44. The Kier molecular flexibility index (Phi) is 4.54. The third kappa shape index (κ3) is 2.79. The van der Waals surface area contributed by atoms with Crippen molar-refractivity contribution in [2.24, 2.45) is 5.73 Å². The molecule has 0 amide bonds. The van der Waals surface area contributed by atoms with E-state index in [1.165, 1.54) is 18.2 Å². The summed E-state index contributed by atoms with van der Waals surface area (Å²) in [5.74, 6) is -0.394. The van der Waals surface area contributed by atoms with Gasteiger partial charge in [-0.3, -0.25) is 4.79 Å². The Morgan fingerprint density at radius 2 is 2.06 bits per heavy atom. The molecule has 1 aliphatic carbocycles. The molecule has 2 N–H and O–H groups in total. The fourth-order valence-corrected chi connectivity index (χ4v) is 2.25. The van der Waals surface area contributed by atoms with Crippen molar-refractivity contribution in [3.8, 4) is 0 Å². The number of halogens is 1. The van der Waals surface area contributed by atoms with E-state index in [0.29, 0.717) is 0 Å². The van der Waals surface area contributed by atoms with Crippen LogP contribution in [0.5, 0.6) is 0 Å². The van der Waals surface area contributed by atoms with Crippen molar-refractivity contribution in [1.82, 2.24) is 0 Å². The van der Waals surface area contributed by atoms with E-state index < -0.39 is 0 Å². The molecule has 0 fully saturated rings. The van der Waals surface area contributed by atoms with Crippen LogP contribution in [0, 0.1) is 0 Å². The molecule has 0 aliphatic heterocycles. The van der Waals surface area contributed by atoms with Crippen LogP contribution >= 0.6 is 12.4 Å². The lowest BCUT2D eigenvalue weighted by atomic mass is 9.97. The van der Waals surface area contributed by atoms with Crippen molar-refractivity contribution in [1.29, 1.82) is 0 Å². The van der Waals surface area contributed by atoms with Crippen molar-refractivity contribution in [2.45, 2.75) is 31.7 Å². The van der Waals surface area contributed by atoms with Crippen LogP contribution in [0.25, 0.3) is 0 Å². The fourth-order valence-electron chi connectivity index (χ4n) is 2.25. The van der Waals surface area contributed by atoms with Crippen LogP contribution in [-0.4, -0.2) is 19.1 Å². The Morgan fingerprint density at radius 1 is 1.41 bits per heavy atom. The number of esters is 1. The second kappa shape index (κ2) is 5.52. The van der Waals surface area contributed by atoms with Crippen LogP contribution in [0.1, 0.15) is 29.5 Å². The molecule has 0 spiro atoms. The molecule has 1 aromatic rings. The van der Waals surface area contributed by atoms with Gasteiger partial charge in [0.1, 0.15) is 0 Å². The topological polar surface area (TPSA) is 52.3 Å². The Morgan fingerprint density at radius 3 is 2.71 bits per heavy atom. The van der Waals surface area contributed by atoms with Crippen LogP contribution in [0.4, 0.5) is 0 Å². The minimum atomic E-state index is -0.202. The molecule has 3 nitrogen and oxygen atoms in total. The van der Waals surface area contributed by atoms with Crippen LogP contribution in [0.2, 0.25) is 0 Å². The van der Waals surface area contributed by atoms with Gasteiger partial charge in [-0.25, -0.2) is 0 Å². The Hall–Kier alpha value is -1.06. The maximum Gasteiger partial charge on any atom is 0.312 e. The molecule has 4 heteroatoms. The highest BCUT2D eigenvalue weighted by Crippen LogP contribution is 2.26. The fraction of sp³-hybridized carbons (Fsp3) is 0.462. The van der Waals surface area contributed by atoms with E-state index >= 15 is 0 Å². The van der Waals surface area contributed by atoms with Crippen LogP contribution < -0.4 is 5.73 Å². The maximum absolute atomic E-state index is 11.4. The number of hydrogen-bond acceptors (Lipinski definition) is 3. The van der Waals surface area contributed by atoms with Gasteiger partial charge < -0.3 is 10.5 Å². The molecule has 2 atom stereocenters. The van der Waals surface area contributed by atoms with Crippen molar-refractivity contribution >= 4 is 18.4 Å². The zero-order valence-electron chi connectivity index (χ0n) is 10.1. The summed E-state index contributed by atoms with van der Waals surface area (Å²) in [5, 5.41) is 0. The number of carbonyl (C=O) groups is 1. The molecule has 0 radical (unpaired) electrons. The third-order valence-corrected chi connectivity index (χ3v) is 3.25. The first kappa shape index (κ1) is 14.0. The highest BCUT2D eigenvalue weighted by molar-refractivity contribution is 5.85. The number of methoxy groups -OCH3 is 1. The molecule has 0 heterocycles. The van der Waals surface area contributed by atoms with E-state index in [1.54, 1.807) is 0 Å². The summed E-state index contributed by atoms with van der Waals surface area (Å²) in [5.41, 5.74) is 9.51. The highest BCUT2D eigenvalue weighted by Gasteiger charge is 2.21. The Balaban J connectivity index is 0.00000144. The molecule has 1 aliphatic rings. The van der Waals surface area contributed by atoms with Gasteiger partial charge in [0.05, 0.1) is 13.0 Å². The Labute approximate surface area is 108 Å². The number of nitrogens with two attached hydrogens (primary N) is 1. The standard InChI is InChI=1S/C13H17NO2.ClH/c1-8(13(15)16-2)9-3-4-10-6-12(14)7-11(10)5-9;/h3-5,8,12H,6-7,14H2,1-2H3;1H. The molecule has 0 bridgehead atoms. The smallest absolute Gasteiger partial charge is 0.312 e. The molecule has 0 saturated heterocycles. The summed E-state index contributed by atoms with van der Waals surface area (Å²) in [6.07, 6.45) is 1.86. The minimum Gasteiger partial charge on any atom is -0.469 e. The van der Waals surface area contributed by atoms with Gasteiger partial charge in [-0.15, -0.1) is 12.4 Å². The summed E-state index contributed by atoms with van der Waals surface area (Å²) in [7, 11) is 1.42. The first-order valence-electron chi connectivity index (χ1n) is 5.57. The minimum absolute atomic E-state index is 0. The van der Waals surface area contributed by atoms with Gasteiger partial charge in [-0.1, -0.05) is 18.2 Å². The normalized spacial score (nSPS) is 19.1. The van der Waals surface area contributed by atoms with Crippen molar-refractivity contribution in [3.63, 3.8) is 0 Å². The zero-order chi connectivity index (χ0) is 11.7. The zero-order valence-corrected chi connectivity index (χ0v) is 10.9. The van der Waals surface area contributed by atoms with Gasteiger partial charge in [0.25, 0.3) is 0 Å². The Bertz CT molecular complexity index is 420. The van der Waals surface area contributed by atoms with Gasteiger partial charge in [0.2, 0.25) is 0 Å². The van der Waals surface area contributed by atoms with Gasteiger partial charge in [0.15, 0.2) is 0 Å². The number of benzene rings is 1. The average Bonchev–Trinajstić information content (AvgIpc) is 2.65. The molecule has 1 aromatic carbocycles. The van der Waals surface area contributed by atoms with Crippen LogP contribution in [0.3, 0.4) is 0 Å². The van der Waals surface area contributed by atoms with Gasteiger partial charge in [-0.05, 0) is 36.5 Å². The van der Waals surface area contributed by atoms with Crippen molar-refractivity contribution in [2.75, 3.05) is 7.11 Å². The molecular weight excluding hydrogens is 238 g/mol. The highest BCUT2D eigenvalue weighted by atomic mass is 35.5. The summed E-state index contributed by atoms with van der Waals surface area (Å²) >= 11 is 0. The SMILES string of the molecule is COC(=O)C(C)c1ccc2c(c1)CC(N)C2.Cl. The average molecular weight is 256 g/mol. The van der Waals surface area contributed by atoms with Crippen LogP contribution in [-0.2, 0) is 22.4 Å². The van der Waals surface area contributed by atoms with E-state index in [-0.39, 0.29) is 30.3 Å². The van der Waals surface area contributed by atoms with E-state index in [1.807, 2.05) is 13.0 Å². The lowest BCUT2D eigenvalue weighted by molar-refractivity contribution is -0.141. The predicted molar refractivity (Wildman–Crippen MR) is 69.5 cm³/mol. The monoisotopic (exact) mass is 255 g/mol. The summed E-state index contributed by atoms with van der Waals surface area (Å²) < 4.78 is 4.74.